The highest BCUT2D eigenvalue weighted by Gasteiger charge is 2.40. The van der Waals surface area contributed by atoms with E-state index in [0.717, 1.165) is 24.8 Å². The largest absolute Gasteiger partial charge is 0.419 e. The molecule has 7 nitrogen and oxygen atoms in total. The summed E-state index contributed by atoms with van der Waals surface area (Å²) in [5, 5.41) is 11.4. The van der Waals surface area contributed by atoms with Gasteiger partial charge in [0, 0.05) is 38.7 Å². The van der Waals surface area contributed by atoms with Gasteiger partial charge in [-0.1, -0.05) is 6.07 Å². The number of nitrogens with one attached hydrogen (secondary N) is 1. The van der Waals surface area contributed by atoms with Gasteiger partial charge in [-0.2, -0.15) is 18.4 Å². The fourth-order valence-electron chi connectivity index (χ4n) is 5.39. The fraction of sp³-hybridized carbons (Fsp3) is 0.407. The van der Waals surface area contributed by atoms with Gasteiger partial charge in [-0.25, -0.2) is 4.98 Å². The molecule has 0 aliphatic carbocycles. The molecule has 2 aliphatic rings. The lowest BCUT2D eigenvalue weighted by Gasteiger charge is -2.33. The highest BCUT2D eigenvalue weighted by Crippen LogP contribution is 2.44. The standard InChI is InChI=1S/C27H26F3N5O2S.H2/c1-34-15-19(17-7-9-35(10-8-17)26(37)21-6-3-11-38-21)22-23(27(28,29)30)20(14-32-24(22)34)33-25(36)18-5-2-4-16(12-18)13-31;/h2,4-5,12,14-15,17,21H,3,6-11H2,1H3,(H,33,36);1H/t21-;/m0./s1. The van der Waals surface area contributed by atoms with Gasteiger partial charge < -0.3 is 14.8 Å². The van der Waals surface area contributed by atoms with Crippen molar-refractivity contribution in [3.63, 3.8) is 0 Å². The van der Waals surface area contributed by atoms with E-state index in [4.69, 9.17) is 5.26 Å². The zero-order valence-corrected chi connectivity index (χ0v) is 21.5. The van der Waals surface area contributed by atoms with E-state index >= 15 is 0 Å². The van der Waals surface area contributed by atoms with Gasteiger partial charge in [0.1, 0.15) is 5.65 Å². The van der Waals surface area contributed by atoms with Crippen LogP contribution in [0.1, 0.15) is 60.1 Å². The molecule has 200 valence electrons. The second-order valence-corrected chi connectivity index (χ2v) is 11.0. The van der Waals surface area contributed by atoms with Crippen LogP contribution in [-0.4, -0.2) is 50.4 Å². The number of benzene rings is 1. The van der Waals surface area contributed by atoms with Gasteiger partial charge >= 0.3 is 6.18 Å². The lowest BCUT2D eigenvalue weighted by Crippen LogP contribution is -2.42. The number of aryl methyl sites for hydroxylation is 1. The summed E-state index contributed by atoms with van der Waals surface area (Å²) in [4.78, 5) is 31.8. The number of carbonyl (C=O) groups is 2. The first-order chi connectivity index (χ1) is 18.2. The van der Waals surface area contributed by atoms with Crippen molar-refractivity contribution in [1.29, 1.82) is 5.26 Å². The van der Waals surface area contributed by atoms with Crippen LogP contribution in [0, 0.1) is 11.3 Å². The number of hydrogen-bond acceptors (Lipinski definition) is 5. The molecule has 0 saturated carbocycles. The number of nitriles is 1. The van der Waals surface area contributed by atoms with Crippen LogP contribution in [0.15, 0.2) is 36.7 Å². The number of aromatic nitrogens is 2. The van der Waals surface area contributed by atoms with E-state index in [1.54, 1.807) is 29.6 Å². The molecular formula is C27H28F3N5O2S. The van der Waals surface area contributed by atoms with Crippen molar-refractivity contribution in [1.82, 2.24) is 14.5 Å². The van der Waals surface area contributed by atoms with Crippen molar-refractivity contribution in [3.05, 3.63) is 58.9 Å². The normalized spacial score (nSPS) is 18.5. The molecule has 2 fully saturated rings. The number of nitrogens with zero attached hydrogens (tertiary/aromatic N) is 4. The van der Waals surface area contributed by atoms with Crippen molar-refractivity contribution < 1.29 is 24.2 Å². The van der Waals surface area contributed by atoms with Crippen LogP contribution in [-0.2, 0) is 18.0 Å². The van der Waals surface area contributed by atoms with Gasteiger partial charge in [-0.3, -0.25) is 9.59 Å². The molecule has 11 heteroatoms. The predicted octanol–water partition coefficient (Wildman–Crippen LogP) is 5.56. The van der Waals surface area contributed by atoms with E-state index in [1.807, 2.05) is 11.0 Å². The third-order valence-electron chi connectivity index (χ3n) is 7.25. The van der Waals surface area contributed by atoms with Crippen molar-refractivity contribution in [3.8, 4) is 6.07 Å². The minimum Gasteiger partial charge on any atom is -0.342 e. The molecule has 1 N–H and O–H groups in total. The molecule has 2 aromatic heterocycles. The maximum absolute atomic E-state index is 14.6. The molecule has 4 heterocycles. The summed E-state index contributed by atoms with van der Waals surface area (Å²) in [5.41, 5.74) is -0.378. The molecule has 2 amide bonds. The second kappa shape index (κ2) is 10.3. The van der Waals surface area contributed by atoms with E-state index in [0.29, 0.717) is 31.5 Å². The summed E-state index contributed by atoms with van der Waals surface area (Å²) in [7, 11) is 1.65. The van der Waals surface area contributed by atoms with Crippen LogP contribution in [0.2, 0.25) is 0 Å². The lowest BCUT2D eigenvalue weighted by molar-refractivity contribution is -0.135. The van der Waals surface area contributed by atoms with E-state index in [-0.39, 0.29) is 40.7 Å². The van der Waals surface area contributed by atoms with E-state index in [1.165, 1.54) is 24.3 Å². The van der Waals surface area contributed by atoms with Crippen molar-refractivity contribution in [2.45, 2.75) is 43.0 Å². The van der Waals surface area contributed by atoms with E-state index in [2.05, 4.69) is 10.3 Å². The Balaban J connectivity index is 0.00000353. The Morgan fingerprint density at radius 1 is 1.24 bits per heavy atom. The van der Waals surface area contributed by atoms with Crippen LogP contribution in [0.3, 0.4) is 0 Å². The van der Waals surface area contributed by atoms with E-state index in [9.17, 15) is 22.8 Å². The number of anilines is 1. The molecule has 1 atom stereocenters. The van der Waals surface area contributed by atoms with Gasteiger partial charge in [-0.15, -0.1) is 11.8 Å². The summed E-state index contributed by atoms with van der Waals surface area (Å²) in [6, 6.07) is 7.68. The third-order valence-corrected chi connectivity index (χ3v) is 8.62. The molecule has 38 heavy (non-hydrogen) atoms. The Morgan fingerprint density at radius 2 is 2.00 bits per heavy atom. The number of hydrogen-bond donors (Lipinski definition) is 1. The van der Waals surface area contributed by atoms with Crippen molar-refractivity contribution >= 4 is 40.3 Å². The first-order valence-corrected chi connectivity index (χ1v) is 13.5. The summed E-state index contributed by atoms with van der Waals surface area (Å²) in [6.07, 6.45) is 0.969. The van der Waals surface area contributed by atoms with Gasteiger partial charge in [0.05, 0.1) is 34.3 Å². The number of piperidine rings is 1. The van der Waals surface area contributed by atoms with Crippen molar-refractivity contribution in [2.75, 3.05) is 24.2 Å². The number of halogens is 3. The first kappa shape index (κ1) is 26.1. The zero-order chi connectivity index (χ0) is 27.0. The number of carbonyl (C=O) groups excluding carboxylic acids is 2. The predicted molar refractivity (Wildman–Crippen MR) is 141 cm³/mol. The average molecular weight is 544 g/mol. The number of amides is 2. The van der Waals surface area contributed by atoms with E-state index < -0.39 is 23.3 Å². The zero-order valence-electron chi connectivity index (χ0n) is 20.7. The molecule has 0 bridgehead atoms. The number of thioether (sulfide) groups is 1. The van der Waals surface area contributed by atoms with Gasteiger partial charge in [0.25, 0.3) is 5.91 Å². The highest BCUT2D eigenvalue weighted by molar-refractivity contribution is 8.00. The summed E-state index contributed by atoms with van der Waals surface area (Å²) >= 11 is 1.68. The Bertz CT molecular complexity index is 1440. The highest BCUT2D eigenvalue weighted by atomic mass is 32.2. The molecule has 2 aliphatic heterocycles. The molecule has 2 saturated heterocycles. The monoisotopic (exact) mass is 543 g/mol. The SMILES string of the molecule is Cn1cc(C2CCN(C(=O)[C@@H]3CCCS3)CC2)c2c(C(F)(F)F)c(NC(=O)c3cccc(C#N)c3)cnc21.[HH]. The third kappa shape index (κ3) is 4.97. The molecule has 0 spiro atoms. The Labute approximate surface area is 223 Å². The summed E-state index contributed by atoms with van der Waals surface area (Å²) < 4.78 is 45.3. The van der Waals surface area contributed by atoms with Gasteiger partial charge in [0.15, 0.2) is 0 Å². The minimum absolute atomic E-state index is 0. The van der Waals surface area contributed by atoms with Crippen LogP contribution in [0.25, 0.3) is 11.0 Å². The van der Waals surface area contributed by atoms with Gasteiger partial charge in [0.2, 0.25) is 5.91 Å². The number of rotatable bonds is 4. The molecule has 5 rings (SSSR count). The van der Waals surface area contributed by atoms with Crippen LogP contribution < -0.4 is 5.32 Å². The molecule has 1 aromatic carbocycles. The van der Waals surface area contributed by atoms with Gasteiger partial charge in [-0.05, 0) is 61.1 Å². The fourth-order valence-corrected chi connectivity index (χ4v) is 6.63. The first-order valence-electron chi connectivity index (χ1n) is 12.4. The Morgan fingerprint density at radius 3 is 2.66 bits per heavy atom. The Kier molecular flexibility index (Phi) is 7.09. The van der Waals surface area contributed by atoms with Crippen LogP contribution >= 0.6 is 11.8 Å². The van der Waals surface area contributed by atoms with Crippen LogP contribution in [0.5, 0.6) is 0 Å². The Hall–Kier alpha value is -3.52. The number of fused-ring (bicyclic) bond motifs is 1. The lowest BCUT2D eigenvalue weighted by atomic mass is 9.88. The molecule has 0 unspecified atom stereocenters. The number of alkyl halides is 3. The number of pyridine rings is 1. The quantitative estimate of drug-likeness (QED) is 0.465. The molecule has 3 aromatic rings. The number of likely N-dealkylation sites (tertiary alicyclic amines) is 1. The summed E-state index contributed by atoms with van der Waals surface area (Å²) in [5.74, 6) is 0.175. The smallest absolute Gasteiger partial charge is 0.342 e. The second-order valence-electron chi connectivity index (χ2n) is 9.69. The molecular weight excluding hydrogens is 515 g/mol. The maximum Gasteiger partial charge on any atom is 0.419 e. The molecule has 0 radical (unpaired) electrons. The maximum atomic E-state index is 14.6. The van der Waals surface area contributed by atoms with Crippen molar-refractivity contribution in [2.24, 2.45) is 7.05 Å². The van der Waals surface area contributed by atoms with Crippen LogP contribution in [0.4, 0.5) is 18.9 Å². The average Bonchev–Trinajstić information content (AvgIpc) is 3.56. The minimum atomic E-state index is -4.76. The topological polar surface area (TPSA) is 91.0 Å². The summed E-state index contributed by atoms with van der Waals surface area (Å²) in [6.45, 7) is 0.995.